The Morgan fingerprint density at radius 2 is 1.95 bits per heavy atom. The van der Waals surface area contributed by atoms with Gasteiger partial charge in [0.15, 0.2) is 0 Å². The zero-order valence-corrected chi connectivity index (χ0v) is 12.1. The first kappa shape index (κ1) is 15.7. The molecule has 1 aromatic rings. The van der Waals surface area contributed by atoms with Crippen molar-refractivity contribution >= 4 is 15.9 Å². The van der Waals surface area contributed by atoms with Crippen molar-refractivity contribution in [2.24, 2.45) is 0 Å². The smallest absolute Gasteiger partial charge is 0.235 e. The second-order valence-corrected chi connectivity index (χ2v) is 6.27. The van der Waals surface area contributed by atoms with Crippen LogP contribution in [0.1, 0.15) is 24.5 Å². The van der Waals surface area contributed by atoms with Gasteiger partial charge >= 0.3 is 0 Å². The zero-order valence-electron chi connectivity index (χ0n) is 11.3. The average Bonchev–Trinajstić information content (AvgIpc) is 2.35. The van der Waals surface area contributed by atoms with E-state index in [1.54, 1.807) is 6.92 Å². The van der Waals surface area contributed by atoms with Crippen LogP contribution in [0.2, 0.25) is 0 Å². The third kappa shape index (κ3) is 5.85. The normalized spacial score (nSPS) is 11.3. The zero-order chi connectivity index (χ0) is 14.3. The molecule has 1 amide bonds. The SMILES string of the molecule is CCCS(=O)(=O)NCC(=O)NCc1ccccc1C. The monoisotopic (exact) mass is 284 g/mol. The molecule has 0 saturated carbocycles. The highest BCUT2D eigenvalue weighted by molar-refractivity contribution is 7.89. The standard InChI is InChI=1S/C13H20N2O3S/c1-3-8-19(17,18)15-10-13(16)14-9-12-7-5-4-6-11(12)2/h4-7,15H,3,8-10H2,1-2H3,(H,14,16). The van der Waals surface area contributed by atoms with Gasteiger partial charge in [0, 0.05) is 6.54 Å². The maximum absolute atomic E-state index is 11.5. The number of benzene rings is 1. The van der Waals surface area contributed by atoms with Crippen LogP contribution in [0.5, 0.6) is 0 Å². The van der Waals surface area contributed by atoms with Gasteiger partial charge < -0.3 is 5.32 Å². The number of carbonyl (C=O) groups is 1. The lowest BCUT2D eigenvalue weighted by Gasteiger charge is -2.08. The van der Waals surface area contributed by atoms with Gasteiger partial charge in [-0.15, -0.1) is 0 Å². The summed E-state index contributed by atoms with van der Waals surface area (Å²) >= 11 is 0. The Morgan fingerprint density at radius 3 is 2.58 bits per heavy atom. The molecule has 5 nitrogen and oxygen atoms in total. The molecule has 0 aliphatic heterocycles. The van der Waals surface area contributed by atoms with Crippen LogP contribution in [0.3, 0.4) is 0 Å². The molecule has 1 rings (SSSR count). The quantitative estimate of drug-likeness (QED) is 0.782. The van der Waals surface area contributed by atoms with E-state index in [2.05, 4.69) is 10.0 Å². The van der Waals surface area contributed by atoms with Gasteiger partial charge in [-0.1, -0.05) is 31.2 Å². The van der Waals surface area contributed by atoms with Crippen LogP contribution >= 0.6 is 0 Å². The highest BCUT2D eigenvalue weighted by atomic mass is 32.2. The molecule has 0 unspecified atom stereocenters. The Morgan fingerprint density at radius 1 is 1.26 bits per heavy atom. The van der Waals surface area contributed by atoms with Crippen molar-refractivity contribution in [3.63, 3.8) is 0 Å². The first-order valence-electron chi connectivity index (χ1n) is 6.23. The summed E-state index contributed by atoms with van der Waals surface area (Å²) in [6, 6.07) is 7.72. The van der Waals surface area contributed by atoms with E-state index in [0.717, 1.165) is 11.1 Å². The van der Waals surface area contributed by atoms with Crippen molar-refractivity contribution in [3.8, 4) is 0 Å². The summed E-state index contributed by atoms with van der Waals surface area (Å²) in [7, 11) is -3.33. The number of sulfonamides is 1. The highest BCUT2D eigenvalue weighted by Gasteiger charge is 2.10. The molecule has 0 heterocycles. The Balaban J connectivity index is 2.39. The second kappa shape index (κ2) is 7.25. The van der Waals surface area contributed by atoms with Gasteiger partial charge in [0.1, 0.15) is 0 Å². The van der Waals surface area contributed by atoms with Gasteiger partial charge in [0.05, 0.1) is 12.3 Å². The topological polar surface area (TPSA) is 75.3 Å². The number of nitrogens with one attached hydrogen (secondary N) is 2. The molecular weight excluding hydrogens is 264 g/mol. The number of rotatable bonds is 7. The van der Waals surface area contributed by atoms with Crippen LogP contribution in [0, 0.1) is 6.92 Å². The highest BCUT2D eigenvalue weighted by Crippen LogP contribution is 2.05. The Kier molecular flexibility index (Phi) is 5.98. The second-order valence-electron chi connectivity index (χ2n) is 4.34. The van der Waals surface area contributed by atoms with Crippen molar-refractivity contribution in [1.29, 1.82) is 0 Å². The van der Waals surface area contributed by atoms with Crippen molar-refractivity contribution in [1.82, 2.24) is 10.0 Å². The van der Waals surface area contributed by atoms with Gasteiger partial charge in [0.25, 0.3) is 0 Å². The molecule has 0 radical (unpaired) electrons. The van der Waals surface area contributed by atoms with E-state index < -0.39 is 10.0 Å². The molecule has 0 atom stereocenters. The van der Waals surface area contributed by atoms with Crippen LogP contribution in [0.15, 0.2) is 24.3 Å². The molecule has 6 heteroatoms. The summed E-state index contributed by atoms with van der Waals surface area (Å²) in [6.45, 7) is 3.93. The molecule has 19 heavy (non-hydrogen) atoms. The summed E-state index contributed by atoms with van der Waals surface area (Å²) in [5.41, 5.74) is 2.11. The molecule has 0 saturated heterocycles. The molecule has 106 valence electrons. The van der Waals surface area contributed by atoms with E-state index >= 15 is 0 Å². The third-order valence-corrected chi connectivity index (χ3v) is 4.19. The molecule has 0 aromatic heterocycles. The Labute approximate surface area is 114 Å². The van der Waals surface area contributed by atoms with E-state index in [1.807, 2.05) is 31.2 Å². The van der Waals surface area contributed by atoms with Crippen LogP contribution in [0.4, 0.5) is 0 Å². The molecule has 0 fully saturated rings. The van der Waals surface area contributed by atoms with Gasteiger partial charge in [-0.2, -0.15) is 0 Å². The lowest BCUT2D eigenvalue weighted by atomic mass is 10.1. The summed E-state index contributed by atoms with van der Waals surface area (Å²) in [5, 5.41) is 2.69. The minimum Gasteiger partial charge on any atom is -0.351 e. The van der Waals surface area contributed by atoms with Crippen molar-refractivity contribution in [2.75, 3.05) is 12.3 Å². The number of amides is 1. The minimum absolute atomic E-state index is 0.0398. The fourth-order valence-corrected chi connectivity index (χ4v) is 2.61. The fourth-order valence-electron chi connectivity index (χ4n) is 1.58. The molecule has 0 aliphatic carbocycles. The molecule has 0 bridgehead atoms. The van der Waals surface area contributed by atoms with E-state index in [-0.39, 0.29) is 18.2 Å². The molecule has 2 N–H and O–H groups in total. The van der Waals surface area contributed by atoms with E-state index in [1.165, 1.54) is 0 Å². The Hall–Kier alpha value is -1.40. The lowest BCUT2D eigenvalue weighted by molar-refractivity contribution is -0.120. The average molecular weight is 284 g/mol. The first-order valence-corrected chi connectivity index (χ1v) is 7.88. The van der Waals surface area contributed by atoms with E-state index in [0.29, 0.717) is 13.0 Å². The van der Waals surface area contributed by atoms with E-state index in [9.17, 15) is 13.2 Å². The van der Waals surface area contributed by atoms with Crippen molar-refractivity contribution in [2.45, 2.75) is 26.8 Å². The predicted octanol–water partition coefficient (Wildman–Crippen LogP) is 0.941. The van der Waals surface area contributed by atoms with Crippen LogP contribution in [-0.2, 0) is 21.4 Å². The first-order chi connectivity index (χ1) is 8.94. The summed E-state index contributed by atoms with van der Waals surface area (Å²) in [5.74, 6) is -0.291. The van der Waals surface area contributed by atoms with Crippen LogP contribution in [-0.4, -0.2) is 26.6 Å². The molecule has 1 aromatic carbocycles. The van der Waals surface area contributed by atoms with Gasteiger partial charge in [-0.25, -0.2) is 13.1 Å². The van der Waals surface area contributed by atoms with Crippen LogP contribution < -0.4 is 10.0 Å². The van der Waals surface area contributed by atoms with Crippen molar-refractivity contribution in [3.05, 3.63) is 35.4 Å². The maximum Gasteiger partial charge on any atom is 0.235 e. The predicted molar refractivity (Wildman–Crippen MR) is 75.1 cm³/mol. The maximum atomic E-state index is 11.5. The summed E-state index contributed by atoms with van der Waals surface area (Å²) < 4.78 is 25.0. The number of hydrogen-bond donors (Lipinski definition) is 2. The third-order valence-electron chi connectivity index (χ3n) is 2.66. The number of carbonyl (C=O) groups excluding carboxylic acids is 1. The van der Waals surface area contributed by atoms with Gasteiger partial charge in [-0.3, -0.25) is 4.79 Å². The van der Waals surface area contributed by atoms with Gasteiger partial charge in [0.2, 0.25) is 15.9 Å². The lowest BCUT2D eigenvalue weighted by Crippen LogP contribution is -2.37. The molecule has 0 aliphatic rings. The minimum atomic E-state index is -3.33. The van der Waals surface area contributed by atoms with E-state index in [4.69, 9.17) is 0 Å². The molecule has 0 spiro atoms. The Bertz CT molecular complexity index is 526. The number of aryl methyl sites for hydroxylation is 1. The molecular formula is C13H20N2O3S. The van der Waals surface area contributed by atoms with Gasteiger partial charge in [-0.05, 0) is 24.5 Å². The largest absolute Gasteiger partial charge is 0.351 e. The number of hydrogen-bond acceptors (Lipinski definition) is 3. The van der Waals surface area contributed by atoms with Crippen molar-refractivity contribution < 1.29 is 13.2 Å². The fraction of sp³-hybridized carbons (Fsp3) is 0.462. The summed E-state index contributed by atoms with van der Waals surface area (Å²) in [4.78, 5) is 11.5. The summed E-state index contributed by atoms with van der Waals surface area (Å²) in [6.07, 6.45) is 0.528. The van der Waals surface area contributed by atoms with Crippen LogP contribution in [0.25, 0.3) is 0 Å².